The Hall–Kier alpha value is -4.26. The first-order valence-corrected chi connectivity index (χ1v) is 10.2. The van der Waals surface area contributed by atoms with Gasteiger partial charge in [0.2, 0.25) is 0 Å². The zero-order chi connectivity index (χ0) is 23.7. The number of rotatable bonds is 4. The number of halogens is 2. The van der Waals surface area contributed by atoms with E-state index in [0.717, 1.165) is 11.8 Å². The fourth-order valence-electron chi connectivity index (χ4n) is 3.72. The van der Waals surface area contributed by atoms with Crippen LogP contribution in [0.15, 0.2) is 48.7 Å². The van der Waals surface area contributed by atoms with Crippen LogP contribution in [0.4, 0.5) is 10.2 Å². The second kappa shape index (κ2) is 8.70. The second-order valence-electron chi connectivity index (χ2n) is 7.38. The number of Topliss-reactive ketones (excluding diaryl/α,β-unsaturated/α-hetero) is 1. The van der Waals surface area contributed by atoms with Gasteiger partial charge >= 0.3 is 0 Å². The van der Waals surface area contributed by atoms with Gasteiger partial charge in [-0.25, -0.2) is 9.37 Å². The lowest BCUT2D eigenvalue weighted by atomic mass is 9.92. The van der Waals surface area contributed by atoms with Crippen molar-refractivity contribution in [3.63, 3.8) is 0 Å². The van der Waals surface area contributed by atoms with Crippen LogP contribution in [0.1, 0.15) is 28.4 Å². The number of benzene rings is 2. The molecule has 160 valence electrons. The van der Waals surface area contributed by atoms with Crippen LogP contribution in [0.3, 0.4) is 0 Å². The molecule has 0 saturated carbocycles. The van der Waals surface area contributed by atoms with Crippen molar-refractivity contribution in [3.05, 3.63) is 76.2 Å². The molecule has 0 aliphatic heterocycles. The van der Waals surface area contributed by atoms with Crippen LogP contribution in [0.5, 0.6) is 0 Å². The number of ketones is 1. The molecule has 7 heteroatoms. The number of carbonyl (C=O) groups excluding carboxylic acids is 1. The first-order valence-electron chi connectivity index (χ1n) is 9.87. The molecule has 2 aromatic carbocycles. The van der Waals surface area contributed by atoms with Gasteiger partial charge in [-0.05, 0) is 55.3 Å². The Morgan fingerprint density at radius 3 is 2.70 bits per heavy atom. The zero-order valence-corrected chi connectivity index (χ0v) is 18.5. The summed E-state index contributed by atoms with van der Waals surface area (Å²) in [6, 6.07) is 16.2. The molecule has 1 N–H and O–H groups in total. The first kappa shape index (κ1) is 22.0. The number of hydrogen-bond acceptors (Lipinski definition) is 5. The van der Waals surface area contributed by atoms with Crippen LogP contribution in [-0.4, -0.2) is 15.8 Å². The number of hydrogen-bond donors (Lipinski definition) is 1. The molecule has 5 nitrogen and oxygen atoms in total. The van der Waals surface area contributed by atoms with Gasteiger partial charge in [-0.2, -0.15) is 5.26 Å². The first-order chi connectivity index (χ1) is 15.8. The molecule has 4 aromatic rings. The Morgan fingerprint density at radius 1 is 1.21 bits per heavy atom. The molecule has 0 spiro atoms. The molecular weight excluding hydrogens is 439 g/mol. The predicted molar refractivity (Wildman–Crippen MR) is 127 cm³/mol. The third kappa shape index (κ3) is 4.01. The summed E-state index contributed by atoms with van der Waals surface area (Å²) < 4.78 is 13.9. The number of fused-ring (bicyclic) bond motifs is 1. The molecule has 0 amide bonds. The standard InChI is InChI=1S/C26H16ClFN4O/c1-4-30-26-21(15(3)33)11-22(25(32-26)20-7-5-6-16(12-29)14(20)2)17-8-18-9-19(28)13-31-24(18)23(27)10-17/h1,5-11,13H,2-3H3,(H,30,32). The van der Waals surface area contributed by atoms with E-state index in [1.54, 1.807) is 30.3 Å². The van der Waals surface area contributed by atoms with E-state index in [1.165, 1.54) is 13.0 Å². The number of carbonyl (C=O) groups is 1. The number of pyridine rings is 2. The van der Waals surface area contributed by atoms with Crippen molar-refractivity contribution in [2.45, 2.75) is 13.8 Å². The van der Waals surface area contributed by atoms with Crippen molar-refractivity contribution in [1.82, 2.24) is 9.97 Å². The van der Waals surface area contributed by atoms with Gasteiger partial charge in [-0.15, -0.1) is 0 Å². The quantitative estimate of drug-likeness (QED) is 0.227. The largest absolute Gasteiger partial charge is 0.299 e. The van der Waals surface area contributed by atoms with Gasteiger partial charge in [0.25, 0.3) is 0 Å². The molecule has 0 bridgehead atoms. The Morgan fingerprint density at radius 2 is 2.00 bits per heavy atom. The molecule has 0 atom stereocenters. The summed E-state index contributed by atoms with van der Waals surface area (Å²) in [5, 5.41) is 13.0. The van der Waals surface area contributed by atoms with Gasteiger partial charge in [0.15, 0.2) is 5.78 Å². The fourth-order valence-corrected chi connectivity index (χ4v) is 3.99. The van der Waals surface area contributed by atoms with Crippen molar-refractivity contribution in [3.8, 4) is 40.9 Å². The molecule has 0 aliphatic carbocycles. The van der Waals surface area contributed by atoms with Crippen molar-refractivity contribution in [1.29, 1.82) is 5.26 Å². The molecule has 0 saturated heterocycles. The van der Waals surface area contributed by atoms with E-state index in [0.29, 0.717) is 43.9 Å². The summed E-state index contributed by atoms with van der Waals surface area (Å²) in [6.45, 7) is 3.23. The SMILES string of the molecule is C#CNc1nc(-c2cccc(C#N)c2C)c(-c2cc(Cl)c3ncc(F)cc3c2)cc1C(C)=O. The molecule has 0 unspecified atom stereocenters. The average molecular weight is 455 g/mol. The molecule has 0 radical (unpaired) electrons. The maximum Gasteiger partial charge on any atom is 0.163 e. The average Bonchev–Trinajstić information content (AvgIpc) is 2.78. The van der Waals surface area contributed by atoms with Crippen molar-refractivity contribution in [2.24, 2.45) is 0 Å². The van der Waals surface area contributed by atoms with E-state index < -0.39 is 5.82 Å². The van der Waals surface area contributed by atoms with Gasteiger partial charge in [0.1, 0.15) is 11.6 Å². The summed E-state index contributed by atoms with van der Waals surface area (Å²) >= 11 is 6.47. The fraction of sp³-hybridized carbons (Fsp3) is 0.0769. The van der Waals surface area contributed by atoms with Crippen molar-refractivity contribution in [2.75, 3.05) is 5.32 Å². The number of aromatic nitrogens is 2. The number of nitrogens with zero attached hydrogens (tertiary/aromatic N) is 3. The number of anilines is 1. The molecule has 0 aliphatic rings. The smallest absolute Gasteiger partial charge is 0.163 e. The van der Waals surface area contributed by atoms with Crippen LogP contribution in [0, 0.1) is 36.5 Å². The van der Waals surface area contributed by atoms with Crippen LogP contribution >= 0.6 is 11.6 Å². The maximum atomic E-state index is 13.9. The summed E-state index contributed by atoms with van der Waals surface area (Å²) in [5.74, 6) is -0.509. The molecule has 4 rings (SSSR count). The highest BCUT2D eigenvalue weighted by Crippen LogP contribution is 2.39. The number of terminal acetylenes is 1. The summed E-state index contributed by atoms with van der Waals surface area (Å²) in [7, 11) is 0. The Kier molecular flexibility index (Phi) is 5.79. The van der Waals surface area contributed by atoms with Crippen LogP contribution in [0.25, 0.3) is 33.3 Å². The third-order valence-electron chi connectivity index (χ3n) is 5.32. The molecule has 0 fully saturated rings. The highest BCUT2D eigenvalue weighted by atomic mass is 35.5. The van der Waals surface area contributed by atoms with Gasteiger partial charge in [0.05, 0.1) is 39.6 Å². The highest BCUT2D eigenvalue weighted by molar-refractivity contribution is 6.35. The van der Waals surface area contributed by atoms with E-state index in [9.17, 15) is 14.4 Å². The third-order valence-corrected chi connectivity index (χ3v) is 5.60. The topological polar surface area (TPSA) is 78.7 Å². The highest BCUT2D eigenvalue weighted by Gasteiger charge is 2.20. The lowest BCUT2D eigenvalue weighted by Crippen LogP contribution is -2.06. The van der Waals surface area contributed by atoms with Gasteiger partial charge < -0.3 is 0 Å². The molecule has 2 aromatic heterocycles. The Balaban J connectivity index is 2.11. The minimum atomic E-state index is -0.496. The molecular formula is C26H16ClFN4O. The van der Waals surface area contributed by atoms with Crippen molar-refractivity contribution >= 4 is 34.1 Å². The lowest BCUT2D eigenvalue weighted by Gasteiger charge is -2.17. The summed E-state index contributed by atoms with van der Waals surface area (Å²) in [4.78, 5) is 21.1. The minimum Gasteiger partial charge on any atom is -0.299 e. The number of nitriles is 1. The molecule has 2 heterocycles. The minimum absolute atomic E-state index is 0.227. The van der Waals surface area contributed by atoms with Crippen LogP contribution in [-0.2, 0) is 0 Å². The van der Waals surface area contributed by atoms with E-state index in [2.05, 4.69) is 27.4 Å². The van der Waals surface area contributed by atoms with Gasteiger partial charge in [-0.3, -0.25) is 15.1 Å². The van der Waals surface area contributed by atoms with Crippen molar-refractivity contribution < 1.29 is 9.18 Å². The van der Waals surface area contributed by atoms with Crippen LogP contribution < -0.4 is 5.32 Å². The predicted octanol–water partition coefficient (Wildman–Crippen LogP) is 6.14. The second-order valence-corrected chi connectivity index (χ2v) is 7.79. The van der Waals surface area contributed by atoms with E-state index in [4.69, 9.17) is 18.0 Å². The Bertz CT molecular complexity index is 1530. The van der Waals surface area contributed by atoms with E-state index in [-0.39, 0.29) is 17.2 Å². The lowest BCUT2D eigenvalue weighted by molar-refractivity contribution is 0.101. The monoisotopic (exact) mass is 454 g/mol. The van der Waals surface area contributed by atoms with Crippen LogP contribution in [0.2, 0.25) is 5.02 Å². The zero-order valence-electron chi connectivity index (χ0n) is 17.7. The summed E-state index contributed by atoms with van der Waals surface area (Å²) in [6.07, 6.45) is 6.53. The maximum absolute atomic E-state index is 13.9. The Labute approximate surface area is 194 Å². The number of nitrogens with one attached hydrogen (secondary N) is 1. The van der Waals surface area contributed by atoms with Gasteiger partial charge in [0, 0.05) is 22.6 Å². The molecule has 33 heavy (non-hydrogen) atoms. The van der Waals surface area contributed by atoms with E-state index in [1.807, 2.05) is 13.0 Å². The van der Waals surface area contributed by atoms with E-state index >= 15 is 0 Å². The normalized spacial score (nSPS) is 10.5. The van der Waals surface area contributed by atoms with Gasteiger partial charge in [-0.1, -0.05) is 30.2 Å². The summed E-state index contributed by atoms with van der Waals surface area (Å²) in [5.41, 5.74) is 4.32.